The molecule has 5 heteroatoms. The van der Waals surface area contributed by atoms with Gasteiger partial charge < -0.3 is 9.80 Å². The van der Waals surface area contributed by atoms with Crippen molar-refractivity contribution in [2.75, 3.05) is 20.1 Å². The van der Waals surface area contributed by atoms with Gasteiger partial charge in [0.2, 0.25) is 5.91 Å². The summed E-state index contributed by atoms with van der Waals surface area (Å²) >= 11 is 0. The first-order chi connectivity index (χ1) is 12.0. The number of carbonyl (C=O) groups excluding carboxylic acids is 2. The molecule has 0 N–H and O–H groups in total. The molecular weight excluding hydrogens is 314 g/mol. The molecule has 1 saturated heterocycles. The molecule has 1 aliphatic heterocycles. The lowest BCUT2D eigenvalue weighted by atomic mass is 10.0. The summed E-state index contributed by atoms with van der Waals surface area (Å²) in [6.07, 6.45) is 0.698. The maximum atomic E-state index is 12.8. The molecule has 2 atom stereocenters. The number of nitriles is 1. The monoisotopic (exact) mass is 335 g/mol. The number of hydrogen-bond acceptors (Lipinski definition) is 3. The SMILES string of the molecule is CC1CC(C#N)N(C(=O)CN(C)C(=O)c2cccc3ccccc23)C1. The standard InChI is InChI=1S/C20H21N3O2/c1-14-10-16(11-21)23(12-14)19(24)13-22(2)20(25)18-9-5-7-15-6-3-4-8-17(15)18/h3-9,14,16H,10,12-13H2,1-2H3. The molecule has 1 aliphatic rings. The highest BCUT2D eigenvalue weighted by atomic mass is 16.2. The fourth-order valence-electron chi connectivity index (χ4n) is 3.43. The van der Waals surface area contributed by atoms with E-state index in [0.29, 0.717) is 24.4 Å². The van der Waals surface area contributed by atoms with Crippen LogP contribution in [0.4, 0.5) is 0 Å². The quantitative estimate of drug-likeness (QED) is 0.866. The number of likely N-dealkylation sites (N-methyl/N-ethyl adjacent to an activating group) is 1. The van der Waals surface area contributed by atoms with Crippen LogP contribution in [-0.4, -0.2) is 47.8 Å². The molecule has 2 aromatic carbocycles. The van der Waals surface area contributed by atoms with E-state index >= 15 is 0 Å². The van der Waals surface area contributed by atoms with E-state index in [2.05, 4.69) is 6.07 Å². The van der Waals surface area contributed by atoms with Crippen LogP contribution in [0.3, 0.4) is 0 Å². The van der Waals surface area contributed by atoms with Crippen LogP contribution < -0.4 is 0 Å². The van der Waals surface area contributed by atoms with Crippen LogP contribution in [0, 0.1) is 17.2 Å². The highest BCUT2D eigenvalue weighted by Crippen LogP contribution is 2.23. The van der Waals surface area contributed by atoms with Crippen molar-refractivity contribution >= 4 is 22.6 Å². The molecule has 0 radical (unpaired) electrons. The molecule has 2 aromatic rings. The van der Waals surface area contributed by atoms with Crippen molar-refractivity contribution in [2.24, 2.45) is 5.92 Å². The zero-order valence-electron chi connectivity index (χ0n) is 14.5. The topological polar surface area (TPSA) is 64.4 Å². The van der Waals surface area contributed by atoms with Gasteiger partial charge >= 0.3 is 0 Å². The van der Waals surface area contributed by atoms with Gasteiger partial charge in [-0.05, 0) is 29.2 Å². The van der Waals surface area contributed by atoms with Gasteiger partial charge in [-0.1, -0.05) is 43.3 Å². The van der Waals surface area contributed by atoms with Gasteiger partial charge in [0, 0.05) is 19.2 Å². The van der Waals surface area contributed by atoms with Gasteiger partial charge in [0.1, 0.15) is 6.04 Å². The Balaban J connectivity index is 1.77. The molecule has 5 nitrogen and oxygen atoms in total. The number of rotatable bonds is 3. The molecule has 1 heterocycles. The summed E-state index contributed by atoms with van der Waals surface area (Å²) in [6, 6.07) is 15.1. The van der Waals surface area contributed by atoms with E-state index in [1.807, 2.05) is 43.3 Å². The predicted octanol–water partition coefficient (Wildman–Crippen LogP) is 2.67. The van der Waals surface area contributed by atoms with Crippen molar-refractivity contribution < 1.29 is 9.59 Å². The number of amides is 2. The molecule has 2 unspecified atom stereocenters. The lowest BCUT2D eigenvalue weighted by Crippen LogP contribution is -2.43. The summed E-state index contributed by atoms with van der Waals surface area (Å²) in [5.74, 6) is -0.0504. The van der Waals surface area contributed by atoms with Gasteiger partial charge in [0.05, 0.1) is 12.6 Å². The van der Waals surface area contributed by atoms with Crippen molar-refractivity contribution in [1.29, 1.82) is 5.26 Å². The van der Waals surface area contributed by atoms with Crippen LogP contribution in [0.2, 0.25) is 0 Å². The molecule has 0 aromatic heterocycles. The Hall–Kier alpha value is -2.87. The minimum Gasteiger partial charge on any atom is -0.332 e. The average molecular weight is 335 g/mol. The number of benzene rings is 2. The minimum atomic E-state index is -0.386. The van der Waals surface area contributed by atoms with Crippen LogP contribution in [0.1, 0.15) is 23.7 Å². The molecule has 128 valence electrons. The van der Waals surface area contributed by atoms with Gasteiger partial charge in [-0.25, -0.2) is 0 Å². The third kappa shape index (κ3) is 3.34. The van der Waals surface area contributed by atoms with E-state index < -0.39 is 0 Å². The number of carbonyl (C=O) groups is 2. The first-order valence-electron chi connectivity index (χ1n) is 8.43. The highest BCUT2D eigenvalue weighted by molar-refractivity contribution is 6.07. The van der Waals surface area contributed by atoms with Gasteiger partial charge in [-0.2, -0.15) is 5.26 Å². The molecule has 1 fully saturated rings. The fourth-order valence-corrected chi connectivity index (χ4v) is 3.43. The zero-order valence-corrected chi connectivity index (χ0v) is 14.5. The lowest BCUT2D eigenvalue weighted by Gasteiger charge is -2.24. The van der Waals surface area contributed by atoms with E-state index in [9.17, 15) is 14.9 Å². The highest BCUT2D eigenvalue weighted by Gasteiger charge is 2.33. The second-order valence-electron chi connectivity index (χ2n) is 6.72. The van der Waals surface area contributed by atoms with E-state index in [0.717, 1.165) is 10.8 Å². The summed E-state index contributed by atoms with van der Waals surface area (Å²) in [5.41, 5.74) is 0.583. The van der Waals surface area contributed by atoms with Crippen molar-refractivity contribution in [3.8, 4) is 6.07 Å². The van der Waals surface area contributed by atoms with Crippen LogP contribution >= 0.6 is 0 Å². The Kier molecular flexibility index (Phi) is 4.71. The summed E-state index contributed by atoms with van der Waals surface area (Å²) in [5, 5.41) is 11.1. The lowest BCUT2D eigenvalue weighted by molar-refractivity contribution is -0.131. The second kappa shape index (κ2) is 6.94. The molecule has 25 heavy (non-hydrogen) atoms. The van der Waals surface area contributed by atoms with E-state index in [1.165, 1.54) is 4.90 Å². The molecule has 2 amide bonds. The van der Waals surface area contributed by atoms with E-state index in [-0.39, 0.29) is 24.4 Å². The second-order valence-corrected chi connectivity index (χ2v) is 6.72. The van der Waals surface area contributed by atoms with Crippen molar-refractivity contribution in [1.82, 2.24) is 9.80 Å². The van der Waals surface area contributed by atoms with Crippen molar-refractivity contribution in [2.45, 2.75) is 19.4 Å². The van der Waals surface area contributed by atoms with Gasteiger partial charge in [0.25, 0.3) is 5.91 Å². The average Bonchev–Trinajstić information content (AvgIpc) is 3.01. The molecule has 0 bridgehead atoms. The Morgan fingerprint density at radius 2 is 1.96 bits per heavy atom. The van der Waals surface area contributed by atoms with E-state index in [4.69, 9.17) is 0 Å². The molecule has 3 rings (SSSR count). The van der Waals surface area contributed by atoms with Gasteiger partial charge in [-0.3, -0.25) is 9.59 Å². The summed E-state index contributed by atoms with van der Waals surface area (Å²) in [4.78, 5) is 28.4. The van der Waals surface area contributed by atoms with Crippen LogP contribution in [0.25, 0.3) is 10.8 Å². The van der Waals surface area contributed by atoms with Crippen molar-refractivity contribution in [3.05, 3.63) is 48.0 Å². The Labute approximate surface area is 147 Å². The molecule has 0 aliphatic carbocycles. The summed E-state index contributed by atoms with van der Waals surface area (Å²) in [7, 11) is 1.63. The van der Waals surface area contributed by atoms with Crippen LogP contribution in [0.5, 0.6) is 0 Å². The molecule has 0 saturated carbocycles. The van der Waals surface area contributed by atoms with E-state index in [1.54, 1.807) is 18.0 Å². The smallest absolute Gasteiger partial charge is 0.254 e. The van der Waals surface area contributed by atoms with Gasteiger partial charge in [-0.15, -0.1) is 0 Å². The van der Waals surface area contributed by atoms with Crippen molar-refractivity contribution in [3.63, 3.8) is 0 Å². The zero-order chi connectivity index (χ0) is 18.0. The summed E-state index contributed by atoms with van der Waals surface area (Å²) in [6.45, 7) is 2.59. The Morgan fingerprint density at radius 1 is 1.24 bits per heavy atom. The third-order valence-electron chi connectivity index (χ3n) is 4.72. The third-order valence-corrected chi connectivity index (χ3v) is 4.72. The maximum absolute atomic E-state index is 12.8. The van der Waals surface area contributed by atoms with Crippen LogP contribution in [-0.2, 0) is 4.79 Å². The minimum absolute atomic E-state index is 0.0209. The maximum Gasteiger partial charge on any atom is 0.254 e. The number of fused-ring (bicyclic) bond motifs is 1. The first-order valence-corrected chi connectivity index (χ1v) is 8.43. The Morgan fingerprint density at radius 3 is 2.72 bits per heavy atom. The first kappa shape index (κ1) is 17.0. The predicted molar refractivity (Wildman–Crippen MR) is 95.8 cm³/mol. The number of nitrogens with zero attached hydrogens (tertiary/aromatic N) is 3. The molecule has 0 spiro atoms. The Bertz CT molecular complexity index is 850. The van der Waals surface area contributed by atoms with Crippen LogP contribution in [0.15, 0.2) is 42.5 Å². The molecular formula is C20H21N3O2. The van der Waals surface area contributed by atoms with Gasteiger partial charge in [0.15, 0.2) is 0 Å². The normalized spacial score (nSPS) is 19.6. The fraction of sp³-hybridized carbons (Fsp3) is 0.350. The number of likely N-dealkylation sites (tertiary alicyclic amines) is 1. The summed E-state index contributed by atoms with van der Waals surface area (Å²) < 4.78 is 0. The largest absolute Gasteiger partial charge is 0.332 e. The number of hydrogen-bond donors (Lipinski definition) is 0.